The van der Waals surface area contributed by atoms with Gasteiger partial charge in [-0.05, 0) is 44.4 Å². The van der Waals surface area contributed by atoms with Crippen molar-refractivity contribution in [2.45, 2.75) is 57.1 Å². The van der Waals surface area contributed by atoms with Crippen molar-refractivity contribution < 1.29 is 5.11 Å². The molecule has 0 radical (unpaired) electrons. The molecule has 134 valence electrons. The van der Waals surface area contributed by atoms with Crippen LogP contribution in [0.25, 0.3) is 10.6 Å². The minimum atomic E-state index is -0.151. The van der Waals surface area contributed by atoms with Crippen LogP contribution in [0.3, 0.4) is 0 Å². The average molecular weight is 359 g/mol. The number of aromatic nitrogens is 3. The zero-order valence-electron chi connectivity index (χ0n) is 14.3. The van der Waals surface area contributed by atoms with Crippen molar-refractivity contribution in [3.63, 3.8) is 0 Å². The summed E-state index contributed by atoms with van der Waals surface area (Å²) in [4.78, 5) is 13.7. The summed E-state index contributed by atoms with van der Waals surface area (Å²) >= 11 is 1.60. The fourth-order valence-corrected chi connectivity index (χ4v) is 4.08. The van der Waals surface area contributed by atoms with Crippen LogP contribution in [0.4, 0.5) is 11.8 Å². The molecule has 2 aromatic rings. The maximum absolute atomic E-state index is 9.72. The third kappa shape index (κ3) is 4.10. The summed E-state index contributed by atoms with van der Waals surface area (Å²) in [6.45, 7) is 0.950. The van der Waals surface area contributed by atoms with E-state index < -0.39 is 0 Å². The van der Waals surface area contributed by atoms with Crippen LogP contribution in [0.15, 0.2) is 17.8 Å². The summed E-state index contributed by atoms with van der Waals surface area (Å²) in [6, 6.07) is 0.344. The van der Waals surface area contributed by atoms with Gasteiger partial charge in [0.2, 0.25) is 5.95 Å². The van der Waals surface area contributed by atoms with Crippen molar-refractivity contribution >= 4 is 23.1 Å². The Morgan fingerprint density at radius 1 is 1.12 bits per heavy atom. The molecule has 25 heavy (non-hydrogen) atoms. The van der Waals surface area contributed by atoms with Gasteiger partial charge in [-0.15, -0.1) is 11.3 Å². The van der Waals surface area contributed by atoms with Crippen molar-refractivity contribution in [1.82, 2.24) is 15.0 Å². The van der Waals surface area contributed by atoms with Crippen molar-refractivity contribution in [3.05, 3.63) is 17.8 Å². The van der Waals surface area contributed by atoms with Crippen LogP contribution >= 0.6 is 11.3 Å². The first-order valence-corrected chi connectivity index (χ1v) is 10.1. The molecular weight excluding hydrogens is 334 g/mol. The number of hydrogen-bond donors (Lipinski definition) is 3. The molecule has 4 rings (SSSR count). The molecule has 0 saturated heterocycles. The van der Waals surface area contributed by atoms with Crippen LogP contribution in [0.1, 0.15) is 44.9 Å². The lowest BCUT2D eigenvalue weighted by Crippen LogP contribution is -2.29. The maximum atomic E-state index is 9.72. The third-order valence-corrected chi connectivity index (χ3v) is 6.07. The Hall–Kier alpha value is -1.73. The number of aliphatic hydroxyl groups excluding tert-OH is 1. The molecule has 2 fully saturated rings. The van der Waals surface area contributed by atoms with E-state index in [4.69, 9.17) is 4.98 Å². The Morgan fingerprint density at radius 2 is 1.96 bits per heavy atom. The second-order valence-corrected chi connectivity index (χ2v) is 8.02. The molecule has 2 saturated carbocycles. The highest BCUT2D eigenvalue weighted by molar-refractivity contribution is 7.13. The monoisotopic (exact) mass is 359 g/mol. The molecule has 0 amide bonds. The SMILES string of the molecule is O[C@H]1CC[C@H](Nc2nc(NCC3CCC3)ncc2-c2nccs2)CC1. The Kier molecular flexibility index (Phi) is 5.12. The number of rotatable bonds is 6. The van der Waals surface area contributed by atoms with Gasteiger partial charge in [-0.2, -0.15) is 4.98 Å². The number of anilines is 2. The zero-order chi connectivity index (χ0) is 17.1. The van der Waals surface area contributed by atoms with E-state index in [0.717, 1.165) is 54.5 Å². The Morgan fingerprint density at radius 3 is 2.64 bits per heavy atom. The van der Waals surface area contributed by atoms with Crippen LogP contribution in [0.2, 0.25) is 0 Å². The third-order valence-electron chi connectivity index (χ3n) is 5.26. The number of aliphatic hydroxyl groups is 1. The number of hydrogen-bond acceptors (Lipinski definition) is 7. The van der Waals surface area contributed by atoms with Crippen LogP contribution < -0.4 is 10.6 Å². The largest absolute Gasteiger partial charge is 0.393 e. The Labute approximate surface area is 152 Å². The molecule has 0 atom stereocenters. The summed E-state index contributed by atoms with van der Waals surface area (Å²) in [5.74, 6) is 2.30. The summed E-state index contributed by atoms with van der Waals surface area (Å²) in [6.07, 6.45) is 11.1. The predicted octanol–water partition coefficient (Wildman–Crippen LogP) is 3.53. The first kappa shape index (κ1) is 16.7. The lowest BCUT2D eigenvalue weighted by molar-refractivity contribution is 0.126. The number of nitrogens with one attached hydrogen (secondary N) is 2. The molecule has 6 nitrogen and oxygen atoms in total. The summed E-state index contributed by atoms with van der Waals surface area (Å²) in [7, 11) is 0. The molecule has 0 unspecified atom stereocenters. The summed E-state index contributed by atoms with van der Waals surface area (Å²) in [5.41, 5.74) is 0.954. The lowest BCUT2D eigenvalue weighted by Gasteiger charge is -2.27. The highest BCUT2D eigenvalue weighted by Gasteiger charge is 2.22. The van der Waals surface area contributed by atoms with E-state index in [-0.39, 0.29) is 6.10 Å². The normalized spacial score (nSPS) is 23.9. The molecule has 0 aliphatic heterocycles. The molecule has 2 aromatic heterocycles. The first-order valence-electron chi connectivity index (χ1n) is 9.23. The van der Waals surface area contributed by atoms with Crippen molar-refractivity contribution in [2.75, 3.05) is 17.2 Å². The molecule has 2 aliphatic carbocycles. The van der Waals surface area contributed by atoms with Crippen LogP contribution in [0.5, 0.6) is 0 Å². The second kappa shape index (κ2) is 7.66. The van der Waals surface area contributed by atoms with Gasteiger partial charge >= 0.3 is 0 Å². The topological polar surface area (TPSA) is 83.0 Å². The zero-order valence-corrected chi connectivity index (χ0v) is 15.1. The standard InChI is InChI=1S/C18H25N5OS/c24-14-6-4-13(5-7-14)22-16-15(17-19-8-9-25-17)11-21-18(23-16)20-10-12-2-1-3-12/h8-9,11-14,24H,1-7,10H2,(H2,20,21,22,23)/t13-,14-. The van der Waals surface area contributed by atoms with Crippen molar-refractivity contribution in [1.29, 1.82) is 0 Å². The summed E-state index contributed by atoms with van der Waals surface area (Å²) in [5, 5.41) is 19.6. The molecular formula is C18H25N5OS. The summed E-state index contributed by atoms with van der Waals surface area (Å²) < 4.78 is 0. The van der Waals surface area contributed by atoms with Gasteiger partial charge in [0.25, 0.3) is 0 Å². The predicted molar refractivity (Wildman–Crippen MR) is 101 cm³/mol. The van der Waals surface area contributed by atoms with E-state index in [1.165, 1.54) is 19.3 Å². The fraction of sp³-hybridized carbons (Fsp3) is 0.611. The quantitative estimate of drug-likeness (QED) is 0.732. The van der Waals surface area contributed by atoms with E-state index in [2.05, 4.69) is 20.6 Å². The number of nitrogens with zero attached hydrogens (tertiary/aromatic N) is 3. The van der Waals surface area contributed by atoms with Gasteiger partial charge in [-0.1, -0.05) is 6.42 Å². The van der Waals surface area contributed by atoms with E-state index in [0.29, 0.717) is 12.0 Å². The van der Waals surface area contributed by atoms with Gasteiger partial charge in [-0.25, -0.2) is 9.97 Å². The highest BCUT2D eigenvalue weighted by Crippen LogP contribution is 2.31. The first-order chi connectivity index (χ1) is 12.3. The molecule has 2 heterocycles. The van der Waals surface area contributed by atoms with Gasteiger partial charge in [0.1, 0.15) is 10.8 Å². The highest BCUT2D eigenvalue weighted by atomic mass is 32.1. The molecule has 2 aliphatic rings. The van der Waals surface area contributed by atoms with E-state index in [9.17, 15) is 5.11 Å². The van der Waals surface area contributed by atoms with Crippen LogP contribution in [-0.2, 0) is 0 Å². The minimum absolute atomic E-state index is 0.151. The van der Waals surface area contributed by atoms with Gasteiger partial charge in [0.15, 0.2) is 0 Å². The van der Waals surface area contributed by atoms with Crippen molar-refractivity contribution in [3.8, 4) is 10.6 Å². The second-order valence-electron chi connectivity index (χ2n) is 7.12. The molecule has 0 aromatic carbocycles. The Bertz CT molecular complexity index is 681. The lowest BCUT2D eigenvalue weighted by atomic mass is 9.85. The fourth-order valence-electron chi connectivity index (χ4n) is 3.44. The number of thiazole rings is 1. The average Bonchev–Trinajstić information content (AvgIpc) is 3.10. The molecule has 0 spiro atoms. The van der Waals surface area contributed by atoms with Gasteiger partial charge < -0.3 is 15.7 Å². The Balaban J connectivity index is 1.51. The van der Waals surface area contributed by atoms with Crippen molar-refractivity contribution in [2.24, 2.45) is 5.92 Å². The van der Waals surface area contributed by atoms with Gasteiger partial charge in [-0.3, -0.25) is 0 Å². The molecule has 0 bridgehead atoms. The van der Waals surface area contributed by atoms with E-state index >= 15 is 0 Å². The van der Waals surface area contributed by atoms with E-state index in [1.54, 1.807) is 11.3 Å². The van der Waals surface area contributed by atoms with Crippen LogP contribution in [0, 0.1) is 5.92 Å². The molecule has 7 heteroatoms. The minimum Gasteiger partial charge on any atom is -0.393 e. The van der Waals surface area contributed by atoms with Gasteiger partial charge in [0.05, 0.1) is 11.7 Å². The van der Waals surface area contributed by atoms with Gasteiger partial charge in [0, 0.05) is 30.4 Å². The molecule has 3 N–H and O–H groups in total. The van der Waals surface area contributed by atoms with Crippen LogP contribution in [-0.4, -0.2) is 38.7 Å². The van der Waals surface area contributed by atoms with E-state index in [1.807, 2.05) is 17.8 Å². The maximum Gasteiger partial charge on any atom is 0.224 e. The smallest absolute Gasteiger partial charge is 0.224 e.